The Morgan fingerprint density at radius 1 is 1.29 bits per heavy atom. The minimum atomic E-state index is -5.12. The summed E-state index contributed by atoms with van der Waals surface area (Å²) < 4.78 is 42.4. The lowest BCUT2D eigenvalue weighted by Crippen LogP contribution is -2.44. The molecule has 1 aromatic rings. The third-order valence-corrected chi connectivity index (χ3v) is 1.79. The number of halogens is 3. The van der Waals surface area contributed by atoms with Crippen LogP contribution in [0, 0.1) is 0 Å². The SMILES string of the molecule is CC(C)(C)OC(=O)/N=C(/NC(=O)C(F)(F)F)n1cccn1. The molecule has 0 aromatic carbocycles. The molecule has 1 rings (SSSR count). The molecule has 7 nitrogen and oxygen atoms in total. The van der Waals surface area contributed by atoms with Crippen molar-refractivity contribution in [2.24, 2.45) is 4.99 Å². The number of ether oxygens (including phenoxy) is 1. The summed E-state index contributed by atoms with van der Waals surface area (Å²) in [6.07, 6.45) is -3.83. The van der Waals surface area contributed by atoms with Gasteiger partial charge in [-0.05, 0) is 26.8 Å². The van der Waals surface area contributed by atoms with Gasteiger partial charge in [-0.1, -0.05) is 0 Å². The number of nitrogens with zero attached hydrogens (tertiary/aromatic N) is 3. The third kappa shape index (κ3) is 5.63. The van der Waals surface area contributed by atoms with Gasteiger partial charge in [0.25, 0.3) is 0 Å². The van der Waals surface area contributed by atoms with Crippen LogP contribution in [-0.4, -0.2) is 39.5 Å². The Morgan fingerprint density at radius 3 is 2.33 bits per heavy atom. The lowest BCUT2D eigenvalue weighted by molar-refractivity contribution is -0.171. The summed E-state index contributed by atoms with van der Waals surface area (Å²) in [7, 11) is 0. The van der Waals surface area contributed by atoms with Crippen molar-refractivity contribution < 1.29 is 27.5 Å². The fraction of sp³-hybridized carbons (Fsp3) is 0.455. The number of alkyl halides is 3. The van der Waals surface area contributed by atoms with Gasteiger partial charge in [-0.15, -0.1) is 4.99 Å². The molecule has 10 heteroatoms. The van der Waals surface area contributed by atoms with Crippen molar-refractivity contribution in [2.75, 3.05) is 0 Å². The molecule has 0 atom stereocenters. The van der Waals surface area contributed by atoms with Crippen molar-refractivity contribution in [3.8, 4) is 0 Å². The van der Waals surface area contributed by atoms with E-state index in [0.29, 0.717) is 0 Å². The maximum absolute atomic E-state index is 12.2. The Hall–Kier alpha value is -2.39. The van der Waals surface area contributed by atoms with Gasteiger partial charge in [-0.2, -0.15) is 18.3 Å². The number of rotatable bonds is 0. The van der Waals surface area contributed by atoms with E-state index in [1.807, 2.05) is 0 Å². The molecule has 0 aliphatic rings. The van der Waals surface area contributed by atoms with Gasteiger partial charge in [0, 0.05) is 12.4 Å². The molecule has 0 aliphatic carbocycles. The number of aliphatic imine (C=N–C) groups is 1. The van der Waals surface area contributed by atoms with Crippen molar-refractivity contribution in [3.05, 3.63) is 18.5 Å². The van der Waals surface area contributed by atoms with E-state index in [9.17, 15) is 22.8 Å². The summed E-state index contributed by atoms with van der Waals surface area (Å²) in [5.74, 6) is -2.99. The second kappa shape index (κ2) is 5.94. The van der Waals surface area contributed by atoms with E-state index in [2.05, 4.69) is 10.1 Å². The number of hydrogen-bond donors (Lipinski definition) is 1. The summed E-state index contributed by atoms with van der Waals surface area (Å²) in [5, 5.41) is 5.06. The largest absolute Gasteiger partial charge is 0.471 e. The first-order valence-electron chi connectivity index (χ1n) is 5.69. The zero-order chi connectivity index (χ0) is 16.3. The summed E-state index contributed by atoms with van der Waals surface area (Å²) in [4.78, 5) is 25.7. The van der Waals surface area contributed by atoms with Crippen LogP contribution in [0.4, 0.5) is 18.0 Å². The van der Waals surface area contributed by atoms with Crippen LogP contribution < -0.4 is 5.32 Å². The van der Waals surface area contributed by atoms with Crippen molar-refractivity contribution in [3.63, 3.8) is 0 Å². The standard InChI is InChI=1S/C11H13F3N4O3/c1-10(2,3)21-9(20)17-8(18-6-4-5-15-18)16-7(19)11(12,13)14/h4-6H,1-3H3,(H,16,17,19,20). The molecule has 0 saturated heterocycles. The Kier molecular flexibility index (Phi) is 4.71. The molecular formula is C11H13F3N4O3. The minimum absolute atomic E-state index is 0.712. The van der Waals surface area contributed by atoms with E-state index in [1.54, 1.807) is 20.8 Å². The predicted octanol–water partition coefficient (Wildman–Crippen LogP) is 1.70. The highest BCUT2D eigenvalue weighted by molar-refractivity contribution is 6.03. The van der Waals surface area contributed by atoms with E-state index in [0.717, 1.165) is 4.68 Å². The second-order valence-corrected chi connectivity index (χ2v) is 4.82. The van der Waals surface area contributed by atoms with Gasteiger partial charge < -0.3 is 4.74 Å². The summed E-state index contributed by atoms with van der Waals surface area (Å²) in [6, 6.07) is 1.38. The van der Waals surface area contributed by atoms with Crippen LogP contribution in [0.15, 0.2) is 23.5 Å². The molecule has 21 heavy (non-hydrogen) atoms. The number of carbonyl (C=O) groups excluding carboxylic acids is 2. The second-order valence-electron chi connectivity index (χ2n) is 4.82. The highest BCUT2D eigenvalue weighted by Crippen LogP contribution is 2.14. The van der Waals surface area contributed by atoms with Crippen LogP contribution in [0.3, 0.4) is 0 Å². The van der Waals surface area contributed by atoms with E-state index in [-0.39, 0.29) is 0 Å². The summed E-state index contributed by atoms with van der Waals surface area (Å²) in [6.45, 7) is 4.67. The van der Waals surface area contributed by atoms with Gasteiger partial charge in [-0.3, -0.25) is 10.1 Å². The smallest absolute Gasteiger partial charge is 0.442 e. The fourth-order valence-electron chi connectivity index (χ4n) is 1.07. The van der Waals surface area contributed by atoms with Crippen LogP contribution in [0.2, 0.25) is 0 Å². The van der Waals surface area contributed by atoms with Crippen molar-refractivity contribution in [1.29, 1.82) is 0 Å². The first-order valence-corrected chi connectivity index (χ1v) is 5.69. The molecule has 0 radical (unpaired) electrons. The molecule has 0 fully saturated rings. The van der Waals surface area contributed by atoms with Crippen molar-refractivity contribution >= 4 is 18.0 Å². The molecule has 1 aromatic heterocycles. The first-order chi connectivity index (χ1) is 9.49. The third-order valence-electron chi connectivity index (χ3n) is 1.79. The molecule has 0 aliphatic heterocycles. The van der Waals surface area contributed by atoms with Crippen LogP contribution in [0.1, 0.15) is 20.8 Å². The minimum Gasteiger partial charge on any atom is -0.442 e. The molecule has 2 amide bonds. The van der Waals surface area contributed by atoms with E-state index >= 15 is 0 Å². The molecule has 0 unspecified atom stereocenters. The molecular weight excluding hydrogens is 293 g/mol. The number of amides is 2. The zero-order valence-corrected chi connectivity index (χ0v) is 11.4. The average Bonchev–Trinajstić information content (AvgIpc) is 2.76. The fourth-order valence-corrected chi connectivity index (χ4v) is 1.07. The van der Waals surface area contributed by atoms with E-state index in [1.165, 1.54) is 23.8 Å². The van der Waals surface area contributed by atoms with Crippen molar-refractivity contribution in [2.45, 2.75) is 32.5 Å². The van der Waals surface area contributed by atoms with Crippen molar-refractivity contribution in [1.82, 2.24) is 15.1 Å². The maximum Gasteiger partial charge on any atom is 0.471 e. The normalized spacial score (nSPS) is 13.0. The lowest BCUT2D eigenvalue weighted by Gasteiger charge is -2.18. The number of carbonyl (C=O) groups is 2. The first kappa shape index (κ1) is 16.7. The van der Waals surface area contributed by atoms with Crippen LogP contribution in [0.25, 0.3) is 0 Å². The number of nitrogens with one attached hydrogen (secondary N) is 1. The number of aromatic nitrogens is 2. The average molecular weight is 306 g/mol. The van der Waals surface area contributed by atoms with Gasteiger partial charge in [0.1, 0.15) is 5.60 Å². The van der Waals surface area contributed by atoms with E-state index < -0.39 is 29.7 Å². The molecule has 0 saturated carbocycles. The van der Waals surface area contributed by atoms with Gasteiger partial charge in [0.05, 0.1) is 0 Å². The molecule has 1 N–H and O–H groups in total. The van der Waals surface area contributed by atoms with Crippen LogP contribution in [0.5, 0.6) is 0 Å². The van der Waals surface area contributed by atoms with E-state index in [4.69, 9.17) is 4.74 Å². The quantitative estimate of drug-likeness (QED) is 0.584. The highest BCUT2D eigenvalue weighted by Gasteiger charge is 2.39. The van der Waals surface area contributed by atoms with Gasteiger partial charge in [0.2, 0.25) is 5.96 Å². The van der Waals surface area contributed by atoms with Gasteiger partial charge in [0.15, 0.2) is 0 Å². The Bertz CT molecular complexity index is 544. The molecule has 116 valence electrons. The topological polar surface area (TPSA) is 85.6 Å². The molecule has 1 heterocycles. The maximum atomic E-state index is 12.2. The Labute approximate surface area is 117 Å². The monoisotopic (exact) mass is 306 g/mol. The Morgan fingerprint density at radius 2 is 1.90 bits per heavy atom. The summed E-state index contributed by atoms with van der Waals surface area (Å²) >= 11 is 0. The van der Waals surface area contributed by atoms with Crippen LogP contribution in [-0.2, 0) is 9.53 Å². The van der Waals surface area contributed by atoms with Crippen LogP contribution >= 0.6 is 0 Å². The molecule has 0 spiro atoms. The number of hydrogen-bond acceptors (Lipinski definition) is 4. The van der Waals surface area contributed by atoms with Gasteiger partial charge >= 0.3 is 18.2 Å². The summed E-state index contributed by atoms with van der Waals surface area (Å²) in [5.41, 5.74) is -0.885. The Balaban J connectivity index is 2.99. The predicted molar refractivity (Wildman–Crippen MR) is 65.5 cm³/mol. The highest BCUT2D eigenvalue weighted by atomic mass is 19.4. The lowest BCUT2D eigenvalue weighted by atomic mass is 10.2. The van der Waals surface area contributed by atoms with Gasteiger partial charge in [-0.25, -0.2) is 9.48 Å². The molecule has 0 bridgehead atoms. The zero-order valence-electron chi connectivity index (χ0n) is 11.4.